The summed E-state index contributed by atoms with van der Waals surface area (Å²) in [5.74, 6) is -0.492. The van der Waals surface area contributed by atoms with Gasteiger partial charge in [0, 0.05) is 0 Å². The molecule has 0 aliphatic heterocycles. The Hall–Kier alpha value is -2.39. The van der Waals surface area contributed by atoms with E-state index >= 15 is 0 Å². The minimum Gasteiger partial charge on any atom is -0.279 e. The summed E-state index contributed by atoms with van der Waals surface area (Å²) in [7, 11) is -3.83. The van der Waals surface area contributed by atoms with Crippen molar-refractivity contribution in [2.75, 3.05) is 4.72 Å². The zero-order chi connectivity index (χ0) is 15.6. The summed E-state index contributed by atoms with van der Waals surface area (Å²) in [6, 6.07) is 10.2. The lowest BCUT2D eigenvalue weighted by Crippen LogP contribution is -2.15. The van der Waals surface area contributed by atoms with E-state index in [9.17, 15) is 12.8 Å². The third kappa shape index (κ3) is 3.20. The van der Waals surface area contributed by atoms with Crippen molar-refractivity contribution >= 4 is 15.7 Å². The SMILES string of the molecule is Cc1ccc(C#N)cc1NS(=O)(=O)c1ccc(F)cc1C. The van der Waals surface area contributed by atoms with E-state index in [4.69, 9.17) is 5.26 Å². The van der Waals surface area contributed by atoms with Crippen molar-refractivity contribution in [2.45, 2.75) is 18.7 Å². The molecule has 2 aromatic rings. The van der Waals surface area contributed by atoms with E-state index in [1.165, 1.54) is 19.1 Å². The van der Waals surface area contributed by atoms with Gasteiger partial charge in [0.25, 0.3) is 10.0 Å². The summed E-state index contributed by atoms with van der Waals surface area (Å²) in [5, 5.41) is 8.87. The highest BCUT2D eigenvalue weighted by atomic mass is 32.2. The fraction of sp³-hybridized carbons (Fsp3) is 0.133. The van der Waals surface area contributed by atoms with Crippen LogP contribution in [-0.2, 0) is 10.0 Å². The van der Waals surface area contributed by atoms with E-state index in [1.807, 2.05) is 6.07 Å². The minimum absolute atomic E-state index is 0.00524. The lowest BCUT2D eigenvalue weighted by molar-refractivity contribution is 0.598. The van der Waals surface area contributed by atoms with Crippen LogP contribution < -0.4 is 4.72 Å². The minimum atomic E-state index is -3.83. The Balaban J connectivity index is 2.45. The summed E-state index contributed by atoms with van der Waals surface area (Å²) in [4.78, 5) is 0.00524. The maximum absolute atomic E-state index is 13.1. The molecule has 108 valence electrons. The van der Waals surface area contributed by atoms with Gasteiger partial charge in [-0.15, -0.1) is 0 Å². The second-order valence-electron chi connectivity index (χ2n) is 4.66. The van der Waals surface area contributed by atoms with Gasteiger partial charge in [0.05, 0.1) is 22.2 Å². The van der Waals surface area contributed by atoms with Gasteiger partial charge in [-0.2, -0.15) is 5.26 Å². The Labute approximate surface area is 122 Å². The summed E-state index contributed by atoms with van der Waals surface area (Å²) >= 11 is 0. The monoisotopic (exact) mass is 304 g/mol. The van der Waals surface area contributed by atoms with Gasteiger partial charge in [-0.1, -0.05) is 6.07 Å². The Kier molecular flexibility index (Phi) is 3.96. The standard InChI is InChI=1S/C15H13FN2O2S/c1-10-3-4-12(9-17)8-14(10)18-21(19,20)15-6-5-13(16)7-11(15)2/h3-8,18H,1-2H3. The van der Waals surface area contributed by atoms with Gasteiger partial charge < -0.3 is 0 Å². The molecular formula is C15H13FN2O2S. The first-order valence-corrected chi connectivity index (χ1v) is 7.61. The van der Waals surface area contributed by atoms with Crippen LogP contribution in [0.1, 0.15) is 16.7 Å². The molecule has 1 N–H and O–H groups in total. The maximum Gasteiger partial charge on any atom is 0.262 e. The molecule has 2 rings (SSSR count). The average Bonchev–Trinajstić information content (AvgIpc) is 2.40. The first-order valence-electron chi connectivity index (χ1n) is 6.13. The number of anilines is 1. The highest BCUT2D eigenvalue weighted by Gasteiger charge is 2.18. The molecule has 0 saturated heterocycles. The summed E-state index contributed by atoms with van der Waals surface area (Å²) in [6.45, 7) is 3.26. The van der Waals surface area contributed by atoms with E-state index < -0.39 is 15.8 Å². The fourth-order valence-corrected chi connectivity index (χ4v) is 3.26. The van der Waals surface area contributed by atoms with Crippen LogP contribution in [0.25, 0.3) is 0 Å². The predicted molar refractivity (Wildman–Crippen MR) is 77.8 cm³/mol. The van der Waals surface area contributed by atoms with Crippen LogP contribution >= 0.6 is 0 Å². The third-order valence-electron chi connectivity index (χ3n) is 3.04. The number of hydrogen-bond donors (Lipinski definition) is 1. The predicted octanol–water partition coefficient (Wildman–Crippen LogP) is 3.12. The van der Waals surface area contributed by atoms with Crippen molar-refractivity contribution in [2.24, 2.45) is 0 Å². The van der Waals surface area contributed by atoms with Crippen molar-refractivity contribution in [1.82, 2.24) is 0 Å². The van der Waals surface area contributed by atoms with Gasteiger partial charge in [0.2, 0.25) is 0 Å². The molecule has 0 saturated carbocycles. The summed E-state index contributed by atoms with van der Waals surface area (Å²) in [6.07, 6.45) is 0. The van der Waals surface area contributed by atoms with Crippen molar-refractivity contribution in [3.05, 3.63) is 58.9 Å². The second-order valence-corrected chi connectivity index (χ2v) is 6.31. The van der Waals surface area contributed by atoms with Gasteiger partial charge >= 0.3 is 0 Å². The van der Waals surface area contributed by atoms with Crippen LogP contribution in [0.2, 0.25) is 0 Å². The molecule has 2 aromatic carbocycles. The Morgan fingerprint density at radius 3 is 2.43 bits per heavy atom. The molecule has 0 unspecified atom stereocenters. The number of aryl methyl sites for hydroxylation is 2. The lowest BCUT2D eigenvalue weighted by atomic mass is 10.1. The number of benzene rings is 2. The molecule has 0 atom stereocenters. The quantitative estimate of drug-likeness (QED) is 0.947. The molecule has 0 fully saturated rings. The van der Waals surface area contributed by atoms with Crippen molar-refractivity contribution < 1.29 is 12.8 Å². The molecule has 21 heavy (non-hydrogen) atoms. The van der Waals surface area contributed by atoms with Crippen molar-refractivity contribution in [3.63, 3.8) is 0 Å². The highest BCUT2D eigenvalue weighted by Crippen LogP contribution is 2.23. The first-order chi connectivity index (χ1) is 9.83. The molecule has 0 aliphatic carbocycles. The maximum atomic E-state index is 13.1. The van der Waals surface area contributed by atoms with E-state index in [0.717, 1.165) is 12.1 Å². The molecular weight excluding hydrogens is 291 g/mol. The summed E-state index contributed by atoms with van der Waals surface area (Å²) < 4.78 is 40.2. The van der Waals surface area contributed by atoms with Crippen LogP contribution in [0, 0.1) is 31.0 Å². The van der Waals surface area contributed by atoms with E-state index in [0.29, 0.717) is 22.4 Å². The molecule has 0 heterocycles. The van der Waals surface area contributed by atoms with Gasteiger partial charge in [-0.05, 0) is 55.3 Å². The lowest BCUT2D eigenvalue weighted by Gasteiger charge is -2.12. The molecule has 6 heteroatoms. The Morgan fingerprint density at radius 1 is 1.10 bits per heavy atom. The van der Waals surface area contributed by atoms with Crippen LogP contribution in [0.3, 0.4) is 0 Å². The van der Waals surface area contributed by atoms with Gasteiger partial charge in [0.15, 0.2) is 0 Å². The van der Waals surface area contributed by atoms with Crippen LogP contribution in [-0.4, -0.2) is 8.42 Å². The molecule has 0 aliphatic rings. The fourth-order valence-electron chi connectivity index (χ4n) is 1.92. The largest absolute Gasteiger partial charge is 0.279 e. The molecule has 0 aromatic heterocycles. The molecule has 4 nitrogen and oxygen atoms in total. The van der Waals surface area contributed by atoms with Crippen molar-refractivity contribution in [3.8, 4) is 6.07 Å². The van der Waals surface area contributed by atoms with Gasteiger partial charge in [-0.25, -0.2) is 12.8 Å². The number of sulfonamides is 1. The number of nitrogens with one attached hydrogen (secondary N) is 1. The molecule has 0 amide bonds. The Bertz CT molecular complexity index is 839. The summed E-state index contributed by atoms with van der Waals surface area (Å²) in [5.41, 5.74) is 1.70. The number of halogens is 1. The van der Waals surface area contributed by atoms with Crippen LogP contribution in [0.4, 0.5) is 10.1 Å². The number of rotatable bonds is 3. The van der Waals surface area contributed by atoms with Crippen LogP contribution in [0.5, 0.6) is 0 Å². The smallest absolute Gasteiger partial charge is 0.262 e. The molecule has 0 spiro atoms. The van der Waals surface area contributed by atoms with E-state index in [2.05, 4.69) is 4.72 Å². The van der Waals surface area contributed by atoms with Gasteiger partial charge in [-0.3, -0.25) is 4.72 Å². The zero-order valence-corrected chi connectivity index (χ0v) is 12.3. The third-order valence-corrected chi connectivity index (χ3v) is 4.56. The number of nitrogens with zero attached hydrogens (tertiary/aromatic N) is 1. The van der Waals surface area contributed by atoms with Gasteiger partial charge in [0.1, 0.15) is 5.82 Å². The van der Waals surface area contributed by atoms with E-state index in [1.54, 1.807) is 19.1 Å². The van der Waals surface area contributed by atoms with Crippen LogP contribution in [0.15, 0.2) is 41.3 Å². The van der Waals surface area contributed by atoms with E-state index in [-0.39, 0.29) is 4.90 Å². The molecule has 0 bridgehead atoms. The Morgan fingerprint density at radius 2 is 1.81 bits per heavy atom. The first kappa shape index (κ1) is 15.0. The second kappa shape index (κ2) is 5.54. The highest BCUT2D eigenvalue weighted by molar-refractivity contribution is 7.92. The zero-order valence-electron chi connectivity index (χ0n) is 11.5. The number of nitriles is 1. The number of hydrogen-bond acceptors (Lipinski definition) is 3. The topological polar surface area (TPSA) is 70.0 Å². The normalized spacial score (nSPS) is 11.0. The molecule has 0 radical (unpaired) electrons. The van der Waals surface area contributed by atoms with Crippen molar-refractivity contribution in [1.29, 1.82) is 5.26 Å². The average molecular weight is 304 g/mol.